The highest BCUT2D eigenvalue weighted by Crippen LogP contribution is 2.24. The average Bonchev–Trinajstić information content (AvgIpc) is 2.91. The fourth-order valence-electron chi connectivity index (χ4n) is 1.85. The quantitative estimate of drug-likeness (QED) is 0.745. The van der Waals surface area contributed by atoms with Crippen LogP contribution < -0.4 is 0 Å². The summed E-state index contributed by atoms with van der Waals surface area (Å²) in [7, 11) is 1.88. The molecule has 0 N–H and O–H groups in total. The molecule has 0 bridgehead atoms. The van der Waals surface area contributed by atoms with E-state index in [4.69, 9.17) is 0 Å². The summed E-state index contributed by atoms with van der Waals surface area (Å²) in [6.45, 7) is 3.34. The SMILES string of the molecule is CCN(Cc1ccc(Br)s1)C(=O)c1cc(Br)cn1C. The van der Waals surface area contributed by atoms with Crippen molar-refractivity contribution in [3.63, 3.8) is 0 Å². The van der Waals surface area contributed by atoms with Crippen molar-refractivity contribution >= 4 is 49.1 Å². The topological polar surface area (TPSA) is 25.2 Å². The number of carbonyl (C=O) groups is 1. The third-order valence-corrected chi connectivity index (χ3v) is 4.88. The molecule has 0 radical (unpaired) electrons. The minimum Gasteiger partial charge on any atom is -0.345 e. The summed E-state index contributed by atoms with van der Waals surface area (Å²) in [4.78, 5) is 15.5. The van der Waals surface area contributed by atoms with E-state index >= 15 is 0 Å². The van der Waals surface area contributed by atoms with E-state index in [0.29, 0.717) is 18.8 Å². The zero-order valence-electron chi connectivity index (χ0n) is 10.7. The van der Waals surface area contributed by atoms with E-state index in [-0.39, 0.29) is 5.91 Å². The van der Waals surface area contributed by atoms with Crippen LogP contribution in [0.4, 0.5) is 0 Å². The Morgan fingerprint density at radius 1 is 1.42 bits per heavy atom. The van der Waals surface area contributed by atoms with Gasteiger partial charge in [0.1, 0.15) is 5.69 Å². The first kappa shape index (κ1) is 14.8. The van der Waals surface area contributed by atoms with E-state index in [1.165, 1.54) is 4.88 Å². The molecule has 1 amide bonds. The van der Waals surface area contributed by atoms with E-state index in [9.17, 15) is 4.79 Å². The Labute approximate surface area is 133 Å². The van der Waals surface area contributed by atoms with E-state index in [1.54, 1.807) is 11.3 Å². The zero-order valence-corrected chi connectivity index (χ0v) is 14.7. The molecule has 2 aromatic rings. The molecule has 3 nitrogen and oxygen atoms in total. The van der Waals surface area contributed by atoms with Gasteiger partial charge in [-0.25, -0.2) is 0 Å². The summed E-state index contributed by atoms with van der Waals surface area (Å²) in [6.07, 6.45) is 1.89. The number of rotatable bonds is 4. The zero-order chi connectivity index (χ0) is 14.0. The highest BCUT2D eigenvalue weighted by Gasteiger charge is 2.18. The predicted octanol–water partition coefficient (Wildman–Crippen LogP) is 4.27. The lowest BCUT2D eigenvalue weighted by atomic mass is 10.3. The average molecular weight is 406 g/mol. The molecule has 2 heterocycles. The summed E-state index contributed by atoms with van der Waals surface area (Å²) < 4.78 is 3.86. The molecule has 102 valence electrons. The first-order valence-electron chi connectivity index (χ1n) is 5.86. The van der Waals surface area contributed by atoms with Gasteiger partial charge < -0.3 is 9.47 Å². The first-order valence-corrected chi connectivity index (χ1v) is 8.27. The van der Waals surface area contributed by atoms with Crippen LogP contribution >= 0.6 is 43.2 Å². The third kappa shape index (κ3) is 3.49. The number of halogens is 2. The molecule has 0 fully saturated rings. The molecule has 0 aliphatic heterocycles. The first-order chi connectivity index (χ1) is 9.01. The Bertz CT molecular complexity index is 591. The lowest BCUT2D eigenvalue weighted by molar-refractivity contribution is 0.0744. The van der Waals surface area contributed by atoms with Crippen LogP contribution in [-0.2, 0) is 13.6 Å². The van der Waals surface area contributed by atoms with Crippen molar-refractivity contribution in [2.24, 2.45) is 7.05 Å². The van der Waals surface area contributed by atoms with Gasteiger partial charge >= 0.3 is 0 Å². The van der Waals surface area contributed by atoms with Gasteiger partial charge in [0.15, 0.2) is 0 Å². The molecule has 0 aliphatic rings. The molecular formula is C13H14Br2N2OS. The molecule has 0 spiro atoms. The van der Waals surface area contributed by atoms with Gasteiger partial charge in [0.2, 0.25) is 0 Å². The molecule has 6 heteroatoms. The second kappa shape index (κ2) is 6.24. The van der Waals surface area contributed by atoms with Gasteiger partial charge in [-0.3, -0.25) is 4.79 Å². The number of aryl methyl sites for hydroxylation is 1. The lowest BCUT2D eigenvalue weighted by Gasteiger charge is -2.20. The molecule has 0 unspecified atom stereocenters. The summed E-state index contributed by atoms with van der Waals surface area (Å²) in [6, 6.07) is 5.92. The predicted molar refractivity (Wildman–Crippen MR) is 85.5 cm³/mol. The fraction of sp³-hybridized carbons (Fsp3) is 0.308. The lowest BCUT2D eigenvalue weighted by Crippen LogP contribution is -2.31. The maximum Gasteiger partial charge on any atom is 0.270 e. The summed E-state index contributed by atoms with van der Waals surface area (Å²) in [5, 5.41) is 0. The minimum atomic E-state index is 0.0558. The number of hydrogen-bond acceptors (Lipinski definition) is 2. The second-order valence-electron chi connectivity index (χ2n) is 4.18. The van der Waals surface area contributed by atoms with Crippen LogP contribution in [0.3, 0.4) is 0 Å². The standard InChI is InChI=1S/C13H14Br2N2OS/c1-3-17(8-10-4-5-12(15)19-10)13(18)11-6-9(14)7-16(11)2/h4-7H,3,8H2,1-2H3. The van der Waals surface area contributed by atoms with Crippen LogP contribution in [-0.4, -0.2) is 21.9 Å². The fourth-order valence-corrected chi connectivity index (χ4v) is 3.87. The van der Waals surface area contributed by atoms with Crippen LogP contribution in [0.2, 0.25) is 0 Å². The van der Waals surface area contributed by atoms with Crippen molar-refractivity contribution < 1.29 is 4.79 Å². The maximum absolute atomic E-state index is 12.5. The number of carbonyl (C=O) groups excluding carboxylic acids is 1. The van der Waals surface area contributed by atoms with Crippen LogP contribution in [0.1, 0.15) is 22.3 Å². The molecule has 0 saturated heterocycles. The van der Waals surface area contributed by atoms with Gasteiger partial charge in [0.25, 0.3) is 5.91 Å². The van der Waals surface area contributed by atoms with Crippen molar-refractivity contribution in [2.75, 3.05) is 6.54 Å². The van der Waals surface area contributed by atoms with E-state index in [1.807, 2.05) is 47.8 Å². The molecule has 2 aromatic heterocycles. The second-order valence-corrected chi connectivity index (χ2v) is 7.64. The minimum absolute atomic E-state index is 0.0558. The van der Waals surface area contributed by atoms with Crippen LogP contribution in [0.25, 0.3) is 0 Å². The molecule has 2 rings (SSSR count). The number of thiophene rings is 1. The summed E-state index contributed by atoms with van der Waals surface area (Å²) in [5.41, 5.74) is 0.698. The number of nitrogens with zero attached hydrogens (tertiary/aromatic N) is 2. The number of hydrogen-bond donors (Lipinski definition) is 0. The van der Waals surface area contributed by atoms with Crippen LogP contribution in [0.5, 0.6) is 0 Å². The highest BCUT2D eigenvalue weighted by molar-refractivity contribution is 9.11. The van der Waals surface area contributed by atoms with Gasteiger partial charge in [-0.1, -0.05) is 0 Å². The van der Waals surface area contributed by atoms with Crippen LogP contribution in [0.15, 0.2) is 32.7 Å². The van der Waals surface area contributed by atoms with E-state index < -0.39 is 0 Å². The Morgan fingerprint density at radius 3 is 2.63 bits per heavy atom. The normalized spacial score (nSPS) is 10.7. The number of aromatic nitrogens is 1. The molecule has 0 atom stereocenters. The van der Waals surface area contributed by atoms with Crippen molar-refractivity contribution in [3.05, 3.63) is 43.2 Å². The van der Waals surface area contributed by atoms with Crippen molar-refractivity contribution in [2.45, 2.75) is 13.5 Å². The van der Waals surface area contributed by atoms with Gasteiger partial charge in [-0.05, 0) is 57.0 Å². The molecule has 0 aromatic carbocycles. The Hall–Kier alpha value is -0.590. The Morgan fingerprint density at radius 2 is 2.16 bits per heavy atom. The van der Waals surface area contributed by atoms with Crippen LogP contribution in [0, 0.1) is 0 Å². The van der Waals surface area contributed by atoms with E-state index in [2.05, 4.69) is 31.9 Å². The molecule has 0 saturated carbocycles. The van der Waals surface area contributed by atoms with E-state index in [0.717, 1.165) is 8.26 Å². The largest absolute Gasteiger partial charge is 0.345 e. The smallest absolute Gasteiger partial charge is 0.270 e. The maximum atomic E-state index is 12.5. The van der Waals surface area contributed by atoms with Gasteiger partial charge in [0.05, 0.1) is 10.3 Å². The van der Waals surface area contributed by atoms with Crippen molar-refractivity contribution in [3.8, 4) is 0 Å². The number of amides is 1. The third-order valence-electron chi connectivity index (χ3n) is 2.84. The molecular weight excluding hydrogens is 392 g/mol. The summed E-state index contributed by atoms with van der Waals surface area (Å²) in [5.74, 6) is 0.0558. The van der Waals surface area contributed by atoms with Gasteiger partial charge in [-0.2, -0.15) is 0 Å². The monoisotopic (exact) mass is 404 g/mol. The summed E-state index contributed by atoms with van der Waals surface area (Å²) >= 11 is 8.50. The van der Waals surface area contributed by atoms with Crippen molar-refractivity contribution in [1.82, 2.24) is 9.47 Å². The van der Waals surface area contributed by atoms with Gasteiger partial charge in [-0.15, -0.1) is 11.3 Å². The highest BCUT2D eigenvalue weighted by atomic mass is 79.9. The molecule has 19 heavy (non-hydrogen) atoms. The Kier molecular flexibility index (Phi) is 4.86. The van der Waals surface area contributed by atoms with Crippen molar-refractivity contribution in [1.29, 1.82) is 0 Å². The van der Waals surface area contributed by atoms with Gasteiger partial charge in [0, 0.05) is 29.1 Å². The molecule has 0 aliphatic carbocycles. The Balaban J connectivity index is 2.17.